The lowest BCUT2D eigenvalue weighted by Gasteiger charge is -2.45. The Morgan fingerprint density at radius 2 is 1.79 bits per heavy atom. The topological polar surface area (TPSA) is 82.2 Å². The van der Waals surface area contributed by atoms with E-state index in [1.807, 2.05) is 35.0 Å². The summed E-state index contributed by atoms with van der Waals surface area (Å²) in [7, 11) is 3.17. The Morgan fingerprint density at radius 1 is 1.06 bits per heavy atom. The highest BCUT2D eigenvalue weighted by molar-refractivity contribution is 5.67. The van der Waals surface area contributed by atoms with E-state index in [0.29, 0.717) is 23.0 Å². The Balaban J connectivity index is 1.94. The Morgan fingerprint density at radius 3 is 2.42 bits per heavy atom. The number of imidazole rings is 1. The van der Waals surface area contributed by atoms with Gasteiger partial charge < -0.3 is 14.2 Å². The first-order valence-electron chi connectivity index (χ1n) is 11.0. The molecule has 0 bridgehead atoms. The van der Waals surface area contributed by atoms with Gasteiger partial charge in [0.2, 0.25) is 5.88 Å². The van der Waals surface area contributed by atoms with E-state index < -0.39 is 0 Å². The van der Waals surface area contributed by atoms with E-state index >= 15 is 0 Å². The molecule has 1 saturated heterocycles. The van der Waals surface area contributed by atoms with Gasteiger partial charge >= 0.3 is 0 Å². The number of methoxy groups -OCH3 is 2. The second-order valence-electron chi connectivity index (χ2n) is 9.62. The molecule has 0 spiro atoms. The largest absolute Gasteiger partial charge is 0.493 e. The second-order valence-corrected chi connectivity index (χ2v) is 9.62. The van der Waals surface area contributed by atoms with Crippen molar-refractivity contribution in [2.24, 2.45) is 0 Å². The van der Waals surface area contributed by atoms with Crippen molar-refractivity contribution in [3.63, 3.8) is 0 Å². The number of ether oxygens (including phenoxy) is 3. The van der Waals surface area contributed by atoms with Crippen molar-refractivity contribution in [1.29, 1.82) is 5.26 Å². The van der Waals surface area contributed by atoms with Crippen molar-refractivity contribution in [1.82, 2.24) is 14.5 Å². The Labute approximate surface area is 195 Å². The fourth-order valence-corrected chi connectivity index (χ4v) is 5.01. The van der Waals surface area contributed by atoms with Gasteiger partial charge in [-0.1, -0.05) is 6.07 Å². The number of hydrogen-bond donors (Lipinski definition) is 0. The number of rotatable bonds is 5. The van der Waals surface area contributed by atoms with Crippen LogP contribution >= 0.6 is 0 Å². The molecule has 0 N–H and O–H groups in total. The van der Waals surface area contributed by atoms with Crippen molar-refractivity contribution in [2.75, 3.05) is 14.2 Å². The van der Waals surface area contributed by atoms with E-state index in [0.717, 1.165) is 29.8 Å². The highest BCUT2D eigenvalue weighted by Gasteiger charge is 2.41. The summed E-state index contributed by atoms with van der Waals surface area (Å²) in [6.45, 7) is 8.51. The van der Waals surface area contributed by atoms with E-state index in [4.69, 9.17) is 19.2 Å². The molecule has 1 aliphatic rings. The number of nitriles is 1. The smallest absolute Gasteiger partial charge is 0.224 e. The molecule has 1 aliphatic heterocycles. The van der Waals surface area contributed by atoms with Crippen molar-refractivity contribution >= 4 is 0 Å². The van der Waals surface area contributed by atoms with Crippen molar-refractivity contribution in [2.45, 2.75) is 57.7 Å². The van der Waals surface area contributed by atoms with Crippen molar-refractivity contribution in [3.8, 4) is 34.8 Å². The summed E-state index contributed by atoms with van der Waals surface area (Å²) in [5, 5.41) is 9.61. The lowest BCUT2D eigenvalue weighted by atomic mass is 9.79. The summed E-state index contributed by atoms with van der Waals surface area (Å²) in [5.41, 5.74) is 2.40. The first kappa shape index (κ1) is 22.8. The zero-order valence-electron chi connectivity index (χ0n) is 20.0. The van der Waals surface area contributed by atoms with Crippen LogP contribution in [0.5, 0.6) is 11.6 Å². The highest BCUT2D eigenvalue weighted by Crippen LogP contribution is 2.44. The summed E-state index contributed by atoms with van der Waals surface area (Å²) in [6, 6.07) is 11.5. The molecule has 0 saturated carbocycles. The Hall–Kier alpha value is -3.37. The number of para-hydroxylation sites is 1. The van der Waals surface area contributed by atoms with Gasteiger partial charge in [-0.2, -0.15) is 5.26 Å². The van der Waals surface area contributed by atoms with Crippen LogP contribution in [0.3, 0.4) is 0 Å². The van der Waals surface area contributed by atoms with Crippen LogP contribution in [-0.4, -0.2) is 40.0 Å². The summed E-state index contributed by atoms with van der Waals surface area (Å²) in [5.74, 6) is 1.88. The Kier molecular flexibility index (Phi) is 5.89. The molecule has 0 aliphatic carbocycles. The van der Waals surface area contributed by atoms with Gasteiger partial charge in [0.15, 0.2) is 5.75 Å². The predicted molar refractivity (Wildman–Crippen MR) is 126 cm³/mol. The monoisotopic (exact) mass is 446 g/mol. The molecule has 3 heterocycles. The number of aromatic nitrogens is 3. The van der Waals surface area contributed by atoms with Gasteiger partial charge in [-0.25, -0.2) is 9.97 Å². The van der Waals surface area contributed by atoms with Gasteiger partial charge in [0, 0.05) is 18.3 Å². The molecule has 3 aromatic rings. The average molecular weight is 447 g/mol. The molecule has 33 heavy (non-hydrogen) atoms. The SMILES string of the molecule is COc1ncccc1-c1nc(C2CC(C)(C)OC(C)(C)C2)cn1-c1cccc(C#N)c1OC. The van der Waals surface area contributed by atoms with E-state index in [2.05, 4.69) is 38.7 Å². The first-order chi connectivity index (χ1) is 15.7. The number of benzene rings is 1. The number of hydrogen-bond acceptors (Lipinski definition) is 6. The van der Waals surface area contributed by atoms with Gasteiger partial charge in [0.05, 0.1) is 47.9 Å². The fraction of sp³-hybridized carbons (Fsp3) is 0.423. The van der Waals surface area contributed by atoms with Crippen LogP contribution in [0.1, 0.15) is 57.7 Å². The summed E-state index contributed by atoms with van der Waals surface area (Å²) in [6.07, 6.45) is 5.44. The van der Waals surface area contributed by atoms with E-state index in [-0.39, 0.29) is 17.1 Å². The molecule has 0 unspecified atom stereocenters. The molecule has 7 heteroatoms. The van der Waals surface area contributed by atoms with Crippen LogP contribution in [0.15, 0.2) is 42.7 Å². The lowest BCUT2D eigenvalue weighted by Crippen LogP contribution is -2.44. The van der Waals surface area contributed by atoms with Crippen molar-refractivity contribution < 1.29 is 14.2 Å². The molecule has 2 aromatic heterocycles. The fourth-order valence-electron chi connectivity index (χ4n) is 5.01. The number of nitrogens with zero attached hydrogens (tertiary/aromatic N) is 4. The minimum absolute atomic E-state index is 0.205. The van der Waals surface area contributed by atoms with E-state index in [1.165, 1.54) is 0 Å². The third kappa shape index (κ3) is 4.44. The van der Waals surface area contributed by atoms with Gasteiger partial charge in [0.1, 0.15) is 11.9 Å². The van der Waals surface area contributed by atoms with Gasteiger partial charge in [0.25, 0.3) is 0 Å². The summed E-state index contributed by atoms with van der Waals surface area (Å²) in [4.78, 5) is 9.47. The van der Waals surface area contributed by atoms with Crippen LogP contribution in [-0.2, 0) is 4.74 Å². The minimum atomic E-state index is -0.263. The van der Waals surface area contributed by atoms with Crippen molar-refractivity contribution in [3.05, 3.63) is 54.0 Å². The molecular formula is C26H30N4O3. The standard InChI is InChI=1S/C26H30N4O3/c1-25(2)13-18(14-26(3,4)33-25)20-16-30(21-11-7-9-17(15-27)22(21)31-5)23(29-20)19-10-8-12-28-24(19)32-6/h7-12,16,18H,13-14H2,1-6H3. The maximum atomic E-state index is 9.61. The second kappa shape index (κ2) is 8.53. The third-order valence-electron chi connectivity index (χ3n) is 5.96. The quantitative estimate of drug-likeness (QED) is 0.531. The highest BCUT2D eigenvalue weighted by atomic mass is 16.5. The van der Waals surface area contributed by atoms with Gasteiger partial charge in [-0.05, 0) is 64.8 Å². The average Bonchev–Trinajstić information content (AvgIpc) is 3.21. The molecule has 0 atom stereocenters. The lowest BCUT2D eigenvalue weighted by molar-refractivity contribution is -0.162. The van der Waals surface area contributed by atoms with Gasteiger partial charge in [-0.15, -0.1) is 0 Å². The van der Waals surface area contributed by atoms with Crippen LogP contribution < -0.4 is 9.47 Å². The molecular weight excluding hydrogens is 416 g/mol. The zero-order chi connectivity index (χ0) is 23.8. The van der Waals surface area contributed by atoms with Crippen LogP contribution in [0.2, 0.25) is 0 Å². The van der Waals surface area contributed by atoms with Gasteiger partial charge in [-0.3, -0.25) is 4.57 Å². The normalized spacial score (nSPS) is 17.4. The predicted octanol–water partition coefficient (Wildman–Crippen LogP) is 5.27. The minimum Gasteiger partial charge on any atom is -0.493 e. The zero-order valence-corrected chi connectivity index (χ0v) is 20.0. The maximum absolute atomic E-state index is 9.61. The van der Waals surface area contributed by atoms with E-state index in [9.17, 15) is 5.26 Å². The molecule has 172 valence electrons. The molecule has 4 rings (SSSR count). The van der Waals surface area contributed by atoms with Crippen LogP contribution in [0, 0.1) is 11.3 Å². The van der Waals surface area contributed by atoms with E-state index in [1.54, 1.807) is 26.5 Å². The molecule has 0 radical (unpaired) electrons. The molecule has 1 fully saturated rings. The third-order valence-corrected chi connectivity index (χ3v) is 5.96. The summed E-state index contributed by atoms with van der Waals surface area (Å²) >= 11 is 0. The summed E-state index contributed by atoms with van der Waals surface area (Å²) < 4.78 is 19.5. The Bertz CT molecular complexity index is 1190. The van der Waals surface area contributed by atoms with Crippen LogP contribution in [0.4, 0.5) is 0 Å². The first-order valence-corrected chi connectivity index (χ1v) is 11.0. The molecule has 7 nitrogen and oxygen atoms in total. The molecule has 0 amide bonds. The van der Waals surface area contributed by atoms with Crippen LogP contribution in [0.25, 0.3) is 17.1 Å². The number of pyridine rings is 1. The maximum Gasteiger partial charge on any atom is 0.224 e. The molecule has 1 aromatic carbocycles.